The van der Waals surface area contributed by atoms with E-state index in [1.807, 2.05) is 12.1 Å². The van der Waals surface area contributed by atoms with Gasteiger partial charge in [0.15, 0.2) is 5.03 Å². The number of sulfonamides is 1. The molecule has 1 N–H and O–H groups in total. The van der Waals surface area contributed by atoms with Gasteiger partial charge in [0.25, 0.3) is 10.0 Å². The van der Waals surface area contributed by atoms with E-state index in [0.29, 0.717) is 5.02 Å². The Bertz CT molecular complexity index is 1100. The maximum Gasteiger partial charge on any atom is 0.262 e. The van der Waals surface area contributed by atoms with E-state index in [4.69, 9.17) is 11.6 Å². The SMILES string of the molecule is Cn1cnc(S(=O)(=O)N2C[C@@H](Nc3ccc(Cl)cc3)[C@H](c3ccc(F)cc3)C2)c1. The fourth-order valence-electron chi connectivity index (χ4n) is 3.57. The Balaban J connectivity index is 1.65. The highest BCUT2D eigenvalue weighted by Crippen LogP contribution is 2.33. The zero-order valence-electron chi connectivity index (χ0n) is 15.7. The van der Waals surface area contributed by atoms with Crippen LogP contribution in [0.4, 0.5) is 10.1 Å². The fraction of sp³-hybridized carbons (Fsp3) is 0.250. The molecule has 152 valence electrons. The molecule has 4 rings (SSSR count). The molecule has 0 unspecified atom stereocenters. The average Bonchev–Trinajstić information content (AvgIpc) is 3.32. The van der Waals surface area contributed by atoms with E-state index in [0.717, 1.165) is 11.3 Å². The van der Waals surface area contributed by atoms with Crippen molar-refractivity contribution in [3.05, 3.63) is 77.5 Å². The lowest BCUT2D eigenvalue weighted by atomic mass is 9.94. The first kappa shape index (κ1) is 19.9. The normalized spacial score (nSPS) is 20.1. The Morgan fingerprint density at radius 2 is 1.79 bits per heavy atom. The average molecular weight is 435 g/mol. The third-order valence-corrected chi connectivity index (χ3v) is 7.04. The number of halogens is 2. The number of imidazole rings is 1. The number of nitrogens with zero attached hydrogens (tertiary/aromatic N) is 3. The van der Waals surface area contributed by atoms with Gasteiger partial charge in [-0.05, 0) is 42.0 Å². The summed E-state index contributed by atoms with van der Waals surface area (Å²) in [6.45, 7) is 0.541. The first-order valence-corrected chi connectivity index (χ1v) is 10.9. The van der Waals surface area contributed by atoms with Gasteiger partial charge in [0.1, 0.15) is 5.82 Å². The number of nitrogens with one attached hydrogen (secondary N) is 1. The molecule has 0 spiro atoms. The van der Waals surface area contributed by atoms with Crippen molar-refractivity contribution in [3.8, 4) is 0 Å². The summed E-state index contributed by atoms with van der Waals surface area (Å²) in [5, 5.41) is 4.05. The van der Waals surface area contributed by atoms with Crippen LogP contribution in [0.5, 0.6) is 0 Å². The molecule has 1 saturated heterocycles. The molecule has 3 aromatic rings. The summed E-state index contributed by atoms with van der Waals surface area (Å²) in [7, 11) is -2.01. The second-order valence-electron chi connectivity index (χ2n) is 7.12. The highest BCUT2D eigenvalue weighted by Gasteiger charge is 2.41. The third kappa shape index (κ3) is 4.14. The molecule has 0 aliphatic carbocycles. The summed E-state index contributed by atoms with van der Waals surface area (Å²) in [6.07, 6.45) is 2.95. The molecular weight excluding hydrogens is 415 g/mol. The number of rotatable bonds is 5. The molecule has 0 amide bonds. The lowest BCUT2D eigenvalue weighted by Crippen LogP contribution is -2.32. The van der Waals surface area contributed by atoms with Crippen molar-refractivity contribution >= 4 is 27.3 Å². The molecule has 1 aromatic heterocycles. The van der Waals surface area contributed by atoms with E-state index in [9.17, 15) is 12.8 Å². The van der Waals surface area contributed by atoms with Crippen LogP contribution in [0.1, 0.15) is 11.5 Å². The number of anilines is 1. The lowest BCUT2D eigenvalue weighted by Gasteiger charge is -2.21. The molecule has 2 atom stereocenters. The van der Waals surface area contributed by atoms with Crippen molar-refractivity contribution in [2.24, 2.45) is 7.05 Å². The van der Waals surface area contributed by atoms with Crippen LogP contribution in [0.15, 0.2) is 66.1 Å². The molecule has 1 aliphatic rings. The second-order valence-corrected chi connectivity index (χ2v) is 9.44. The first-order chi connectivity index (χ1) is 13.8. The van der Waals surface area contributed by atoms with Crippen molar-refractivity contribution in [2.45, 2.75) is 17.0 Å². The van der Waals surface area contributed by atoms with Crippen LogP contribution in [0, 0.1) is 5.82 Å². The predicted octanol–water partition coefficient (Wildman–Crippen LogP) is 3.48. The number of aromatic nitrogens is 2. The van der Waals surface area contributed by atoms with Gasteiger partial charge in [-0.15, -0.1) is 0 Å². The second kappa shape index (κ2) is 7.78. The molecule has 0 saturated carbocycles. The topological polar surface area (TPSA) is 67.2 Å². The van der Waals surface area contributed by atoms with E-state index in [1.165, 1.54) is 29.0 Å². The summed E-state index contributed by atoms with van der Waals surface area (Å²) in [5.74, 6) is -0.475. The lowest BCUT2D eigenvalue weighted by molar-refractivity contribution is 0.468. The molecular formula is C20H20ClFN4O2S. The molecule has 1 aliphatic heterocycles. The van der Waals surface area contributed by atoms with E-state index in [-0.39, 0.29) is 35.9 Å². The van der Waals surface area contributed by atoms with E-state index in [2.05, 4.69) is 10.3 Å². The maximum absolute atomic E-state index is 13.4. The van der Waals surface area contributed by atoms with Crippen LogP contribution in [0.3, 0.4) is 0 Å². The third-order valence-electron chi connectivity index (χ3n) is 5.07. The minimum absolute atomic E-state index is 0.0185. The molecule has 0 bridgehead atoms. The fourth-order valence-corrected chi connectivity index (χ4v) is 5.16. The first-order valence-electron chi connectivity index (χ1n) is 9.08. The molecule has 29 heavy (non-hydrogen) atoms. The number of hydrogen-bond acceptors (Lipinski definition) is 4. The largest absolute Gasteiger partial charge is 0.380 e. The monoisotopic (exact) mass is 434 g/mol. The highest BCUT2D eigenvalue weighted by molar-refractivity contribution is 7.89. The predicted molar refractivity (Wildman–Crippen MR) is 110 cm³/mol. The van der Waals surface area contributed by atoms with Gasteiger partial charge in [0.05, 0.1) is 6.33 Å². The zero-order chi connectivity index (χ0) is 20.6. The van der Waals surface area contributed by atoms with Gasteiger partial charge in [-0.1, -0.05) is 23.7 Å². The molecule has 9 heteroatoms. The maximum atomic E-state index is 13.4. The van der Waals surface area contributed by atoms with Gasteiger partial charge in [-0.2, -0.15) is 4.31 Å². The number of aryl methyl sites for hydroxylation is 1. The molecule has 6 nitrogen and oxygen atoms in total. The van der Waals surface area contributed by atoms with Crippen LogP contribution in [0.2, 0.25) is 5.02 Å². The van der Waals surface area contributed by atoms with Gasteiger partial charge < -0.3 is 9.88 Å². The molecule has 2 heterocycles. The summed E-state index contributed by atoms with van der Waals surface area (Å²) >= 11 is 5.96. The Morgan fingerprint density at radius 3 is 2.41 bits per heavy atom. The summed E-state index contributed by atoms with van der Waals surface area (Å²) in [4.78, 5) is 4.01. The van der Waals surface area contributed by atoms with Crippen LogP contribution in [-0.2, 0) is 17.1 Å². The molecule has 2 aromatic carbocycles. The van der Waals surface area contributed by atoms with Crippen LogP contribution >= 0.6 is 11.6 Å². The van der Waals surface area contributed by atoms with Crippen LogP contribution in [0.25, 0.3) is 0 Å². The van der Waals surface area contributed by atoms with E-state index in [1.54, 1.807) is 35.9 Å². The van der Waals surface area contributed by atoms with Gasteiger partial charge in [0.2, 0.25) is 0 Å². The van der Waals surface area contributed by atoms with Crippen LogP contribution in [-0.4, -0.2) is 41.4 Å². The van der Waals surface area contributed by atoms with Crippen molar-refractivity contribution in [1.82, 2.24) is 13.9 Å². The quantitative estimate of drug-likeness (QED) is 0.667. The van der Waals surface area contributed by atoms with Gasteiger partial charge >= 0.3 is 0 Å². The minimum atomic E-state index is -3.73. The summed E-state index contributed by atoms with van der Waals surface area (Å²) in [5.41, 5.74) is 1.71. The van der Waals surface area contributed by atoms with Crippen molar-refractivity contribution < 1.29 is 12.8 Å². The van der Waals surface area contributed by atoms with Crippen molar-refractivity contribution in [3.63, 3.8) is 0 Å². The Kier molecular flexibility index (Phi) is 5.33. The Morgan fingerprint density at radius 1 is 1.10 bits per heavy atom. The molecule has 1 fully saturated rings. The van der Waals surface area contributed by atoms with E-state index < -0.39 is 10.0 Å². The van der Waals surface area contributed by atoms with Gasteiger partial charge in [-0.25, -0.2) is 17.8 Å². The van der Waals surface area contributed by atoms with Crippen LogP contribution < -0.4 is 5.32 Å². The Hall–Kier alpha value is -2.42. The zero-order valence-corrected chi connectivity index (χ0v) is 17.2. The Labute approximate surface area is 174 Å². The minimum Gasteiger partial charge on any atom is -0.380 e. The molecule has 0 radical (unpaired) electrons. The summed E-state index contributed by atoms with van der Waals surface area (Å²) < 4.78 is 42.6. The standard InChI is InChI=1S/C20H20ClFN4O2S/c1-25-12-20(23-13-25)29(27,28)26-10-18(14-2-6-16(22)7-3-14)19(11-26)24-17-8-4-15(21)5-9-17/h2-9,12-13,18-19,24H,10-11H2,1H3/t18-,19+/m0/s1. The van der Waals surface area contributed by atoms with Crippen molar-refractivity contribution in [1.29, 1.82) is 0 Å². The highest BCUT2D eigenvalue weighted by atomic mass is 35.5. The van der Waals surface area contributed by atoms with Gasteiger partial charge in [0, 0.05) is 49.0 Å². The number of hydrogen-bond donors (Lipinski definition) is 1. The van der Waals surface area contributed by atoms with Gasteiger partial charge in [-0.3, -0.25) is 0 Å². The van der Waals surface area contributed by atoms with E-state index >= 15 is 0 Å². The smallest absolute Gasteiger partial charge is 0.262 e. The summed E-state index contributed by atoms with van der Waals surface area (Å²) in [6, 6.07) is 13.2. The van der Waals surface area contributed by atoms with Crippen molar-refractivity contribution in [2.75, 3.05) is 18.4 Å². The number of benzene rings is 2.